The first kappa shape index (κ1) is 24.2. The van der Waals surface area contributed by atoms with E-state index in [0.717, 1.165) is 57.8 Å². The number of likely N-dealkylation sites (tertiary alicyclic amines) is 1. The fraction of sp³-hybridized carbons (Fsp3) is 0.500. The number of hydrogen-bond acceptors (Lipinski definition) is 7. The van der Waals surface area contributed by atoms with E-state index in [9.17, 15) is 9.59 Å². The molecule has 0 aliphatic carbocycles. The van der Waals surface area contributed by atoms with E-state index < -0.39 is 5.91 Å². The number of rotatable bonds is 6. The van der Waals surface area contributed by atoms with Gasteiger partial charge in [0, 0.05) is 62.4 Å². The topological polar surface area (TPSA) is 108 Å². The smallest absolute Gasteiger partial charge is 0.268 e. The lowest BCUT2D eigenvalue weighted by Crippen LogP contribution is -2.58. The molecule has 2 aromatic rings. The summed E-state index contributed by atoms with van der Waals surface area (Å²) in [6.07, 6.45) is 4.39. The van der Waals surface area contributed by atoms with Crippen LogP contribution in [0, 0.1) is 0 Å². The summed E-state index contributed by atoms with van der Waals surface area (Å²) >= 11 is 5.96. The zero-order valence-corrected chi connectivity index (χ0v) is 20.5. The highest BCUT2D eigenvalue weighted by molar-refractivity contribution is 6.30. The van der Waals surface area contributed by atoms with Crippen molar-refractivity contribution in [3.63, 3.8) is 0 Å². The van der Waals surface area contributed by atoms with E-state index in [1.807, 2.05) is 4.90 Å². The van der Waals surface area contributed by atoms with E-state index in [1.54, 1.807) is 31.3 Å². The molecule has 0 saturated carbocycles. The molecule has 2 aliphatic heterocycles. The Bertz CT molecular complexity index is 1020. The quantitative estimate of drug-likeness (QED) is 0.647. The van der Waals surface area contributed by atoms with Gasteiger partial charge in [-0.15, -0.1) is 0 Å². The molecule has 1 aromatic carbocycles. The summed E-state index contributed by atoms with van der Waals surface area (Å²) in [6, 6.07) is 7.94. The van der Waals surface area contributed by atoms with Crippen LogP contribution < -0.4 is 16.0 Å². The van der Waals surface area contributed by atoms with Crippen LogP contribution in [0.1, 0.15) is 47.0 Å². The standard InChI is InChI=1S/C24H32ClN7O2/c1-3-18-15-31(23-22(27-2)29-20(14-28-23)21(26)33)12-13-32(18)19-8-10-30(11-9-19)24(34)16-4-6-17(25)7-5-16/h4-7,14,18-19H,3,8-13,15H2,1-2H3,(H2,26,33)(H,27,29)/t18-/m0/s1. The zero-order valence-electron chi connectivity index (χ0n) is 19.7. The van der Waals surface area contributed by atoms with E-state index in [1.165, 1.54) is 6.20 Å². The van der Waals surface area contributed by atoms with Crippen LogP contribution in [0.4, 0.5) is 11.6 Å². The highest BCUT2D eigenvalue weighted by Gasteiger charge is 2.35. The Hall–Kier alpha value is -2.91. The van der Waals surface area contributed by atoms with Crippen molar-refractivity contribution in [3.05, 3.63) is 46.7 Å². The fourth-order valence-corrected chi connectivity index (χ4v) is 5.11. The second-order valence-corrected chi connectivity index (χ2v) is 9.25. The second kappa shape index (κ2) is 10.6. The monoisotopic (exact) mass is 485 g/mol. The lowest BCUT2D eigenvalue weighted by Gasteiger charge is -2.47. The number of primary amides is 1. The van der Waals surface area contributed by atoms with Crippen LogP contribution in [0.5, 0.6) is 0 Å². The van der Waals surface area contributed by atoms with Crippen LogP contribution in [-0.4, -0.2) is 83.4 Å². The molecule has 0 unspecified atom stereocenters. The molecule has 1 aromatic heterocycles. The number of amides is 2. The molecule has 0 bridgehead atoms. The van der Waals surface area contributed by atoms with Crippen molar-refractivity contribution in [1.29, 1.82) is 0 Å². The molecule has 2 aliphatic rings. The largest absolute Gasteiger partial charge is 0.370 e. The summed E-state index contributed by atoms with van der Waals surface area (Å²) in [5, 5.41) is 3.68. The Morgan fingerprint density at radius 1 is 1.15 bits per heavy atom. The molecule has 9 nitrogen and oxygen atoms in total. The van der Waals surface area contributed by atoms with Crippen molar-refractivity contribution in [1.82, 2.24) is 19.8 Å². The van der Waals surface area contributed by atoms with Gasteiger partial charge in [0.1, 0.15) is 5.69 Å². The SMILES string of the molecule is CC[C@H]1CN(c2ncc(C(N)=O)nc2NC)CCN1C1CCN(C(=O)c2ccc(Cl)cc2)CC1. The molecule has 4 rings (SSSR count). The van der Waals surface area contributed by atoms with E-state index in [4.69, 9.17) is 17.3 Å². The number of nitrogens with zero attached hydrogens (tertiary/aromatic N) is 5. The van der Waals surface area contributed by atoms with Gasteiger partial charge in [0.05, 0.1) is 6.20 Å². The van der Waals surface area contributed by atoms with Crippen molar-refractivity contribution in [2.75, 3.05) is 50.0 Å². The molecule has 10 heteroatoms. The number of piperazine rings is 1. The summed E-state index contributed by atoms with van der Waals surface area (Å²) in [4.78, 5) is 39.9. The number of aromatic nitrogens is 2. The van der Waals surface area contributed by atoms with Crippen molar-refractivity contribution >= 4 is 35.1 Å². The number of piperidine rings is 1. The molecular formula is C24H32ClN7O2. The summed E-state index contributed by atoms with van der Waals surface area (Å²) in [5.41, 5.74) is 6.20. The second-order valence-electron chi connectivity index (χ2n) is 8.82. The number of carbonyl (C=O) groups excluding carboxylic acids is 2. The van der Waals surface area contributed by atoms with Crippen molar-refractivity contribution in [2.24, 2.45) is 5.73 Å². The summed E-state index contributed by atoms with van der Waals surface area (Å²) in [7, 11) is 1.77. The molecule has 2 fully saturated rings. The lowest BCUT2D eigenvalue weighted by molar-refractivity contribution is 0.0491. The minimum Gasteiger partial charge on any atom is -0.370 e. The summed E-state index contributed by atoms with van der Waals surface area (Å²) < 4.78 is 0. The van der Waals surface area contributed by atoms with E-state index >= 15 is 0 Å². The molecule has 0 radical (unpaired) electrons. The molecule has 34 heavy (non-hydrogen) atoms. The van der Waals surface area contributed by atoms with Crippen LogP contribution >= 0.6 is 11.6 Å². The maximum Gasteiger partial charge on any atom is 0.268 e. The number of halogens is 1. The van der Waals surface area contributed by atoms with Gasteiger partial charge < -0.3 is 20.9 Å². The minimum absolute atomic E-state index is 0.0737. The molecule has 3 N–H and O–H groups in total. The van der Waals surface area contributed by atoms with Gasteiger partial charge in [-0.3, -0.25) is 14.5 Å². The Labute approximate surface area is 205 Å². The molecule has 2 saturated heterocycles. The van der Waals surface area contributed by atoms with Gasteiger partial charge in [0.25, 0.3) is 11.8 Å². The maximum absolute atomic E-state index is 12.9. The average molecular weight is 486 g/mol. The van der Waals surface area contributed by atoms with Crippen molar-refractivity contribution in [3.8, 4) is 0 Å². The van der Waals surface area contributed by atoms with Gasteiger partial charge in [-0.25, -0.2) is 9.97 Å². The van der Waals surface area contributed by atoms with Gasteiger partial charge in [-0.2, -0.15) is 0 Å². The molecule has 1 atom stereocenters. The normalized spacial score (nSPS) is 19.8. The highest BCUT2D eigenvalue weighted by atomic mass is 35.5. The molecular weight excluding hydrogens is 454 g/mol. The van der Waals surface area contributed by atoms with E-state index in [2.05, 4.69) is 32.0 Å². The Morgan fingerprint density at radius 2 is 1.85 bits per heavy atom. The first-order valence-electron chi connectivity index (χ1n) is 11.8. The van der Waals surface area contributed by atoms with Gasteiger partial charge >= 0.3 is 0 Å². The molecule has 0 spiro atoms. The number of carbonyl (C=O) groups is 2. The van der Waals surface area contributed by atoms with Crippen LogP contribution in [0.25, 0.3) is 0 Å². The van der Waals surface area contributed by atoms with Gasteiger partial charge in [0.15, 0.2) is 11.6 Å². The van der Waals surface area contributed by atoms with Gasteiger partial charge in [-0.1, -0.05) is 18.5 Å². The predicted molar refractivity (Wildman–Crippen MR) is 133 cm³/mol. The van der Waals surface area contributed by atoms with Crippen LogP contribution in [-0.2, 0) is 0 Å². The van der Waals surface area contributed by atoms with Crippen molar-refractivity contribution < 1.29 is 9.59 Å². The zero-order chi connectivity index (χ0) is 24.2. The van der Waals surface area contributed by atoms with E-state index in [-0.39, 0.29) is 11.6 Å². The molecule has 3 heterocycles. The number of nitrogens with one attached hydrogen (secondary N) is 1. The molecule has 182 valence electrons. The Morgan fingerprint density at radius 3 is 2.47 bits per heavy atom. The van der Waals surface area contributed by atoms with Crippen LogP contribution in [0.2, 0.25) is 5.02 Å². The van der Waals surface area contributed by atoms with Gasteiger partial charge in [-0.05, 0) is 43.5 Å². The number of benzene rings is 1. The Balaban J connectivity index is 1.38. The maximum atomic E-state index is 12.9. The predicted octanol–water partition coefficient (Wildman–Crippen LogP) is 2.48. The fourth-order valence-electron chi connectivity index (χ4n) is 4.98. The molecule has 2 amide bonds. The van der Waals surface area contributed by atoms with Crippen LogP contribution in [0.3, 0.4) is 0 Å². The third-order valence-electron chi connectivity index (χ3n) is 6.85. The Kier molecular flexibility index (Phi) is 7.53. The summed E-state index contributed by atoms with van der Waals surface area (Å²) in [6.45, 7) is 6.29. The van der Waals surface area contributed by atoms with E-state index in [0.29, 0.717) is 28.5 Å². The number of anilines is 2. The average Bonchev–Trinajstić information content (AvgIpc) is 2.88. The van der Waals surface area contributed by atoms with Crippen molar-refractivity contribution in [2.45, 2.75) is 38.3 Å². The highest BCUT2D eigenvalue weighted by Crippen LogP contribution is 2.28. The van der Waals surface area contributed by atoms with Gasteiger partial charge in [0.2, 0.25) is 0 Å². The number of nitrogens with two attached hydrogens (primary N) is 1. The minimum atomic E-state index is -0.590. The summed E-state index contributed by atoms with van der Waals surface area (Å²) in [5.74, 6) is 0.792. The third kappa shape index (κ3) is 5.10. The lowest BCUT2D eigenvalue weighted by atomic mass is 9.97. The number of hydrogen-bond donors (Lipinski definition) is 2. The van der Waals surface area contributed by atoms with Crippen LogP contribution in [0.15, 0.2) is 30.5 Å². The first-order valence-corrected chi connectivity index (χ1v) is 12.2. The third-order valence-corrected chi connectivity index (χ3v) is 7.11. The first-order chi connectivity index (χ1) is 16.4.